The molecule has 0 aliphatic heterocycles. The number of amides is 1. The third-order valence-electron chi connectivity index (χ3n) is 3.40. The molecule has 2 rings (SSSR count). The molecule has 0 aliphatic rings. The summed E-state index contributed by atoms with van der Waals surface area (Å²) in [7, 11) is 3.00. The third kappa shape index (κ3) is 4.19. The maximum Gasteiger partial charge on any atom is 0.273 e. The molecule has 4 heteroatoms. The molecule has 1 amide bonds. The van der Waals surface area contributed by atoms with Crippen LogP contribution in [0.4, 0.5) is 0 Å². The van der Waals surface area contributed by atoms with Gasteiger partial charge in [0.2, 0.25) is 0 Å². The first-order valence-corrected chi connectivity index (χ1v) is 7.21. The minimum absolute atomic E-state index is 0.265. The lowest BCUT2D eigenvalue weighted by atomic mass is 10.0. The summed E-state index contributed by atoms with van der Waals surface area (Å²) < 4.78 is 0. The number of carbonyl (C=O) groups excluding carboxylic acids is 1. The van der Waals surface area contributed by atoms with Crippen molar-refractivity contribution < 1.29 is 9.63 Å². The zero-order valence-corrected chi connectivity index (χ0v) is 12.9. The second kappa shape index (κ2) is 7.98. The Morgan fingerprint density at radius 3 is 2.14 bits per heavy atom. The van der Waals surface area contributed by atoms with Crippen LogP contribution < -0.4 is 5.32 Å². The highest BCUT2D eigenvalue weighted by Gasteiger charge is 2.13. The first kappa shape index (κ1) is 15.8. The maximum atomic E-state index is 11.8. The summed E-state index contributed by atoms with van der Waals surface area (Å²) in [5.41, 5.74) is 3.56. The number of hydrogen-bond acceptors (Lipinski definition) is 3. The van der Waals surface area contributed by atoms with E-state index in [0.29, 0.717) is 0 Å². The van der Waals surface area contributed by atoms with Gasteiger partial charge in [-0.2, -0.15) is 0 Å². The van der Waals surface area contributed by atoms with Crippen molar-refractivity contribution in [1.82, 2.24) is 5.32 Å². The number of rotatable bonds is 6. The molecule has 0 saturated heterocycles. The van der Waals surface area contributed by atoms with Crippen molar-refractivity contribution >= 4 is 11.6 Å². The second-order valence-electron chi connectivity index (χ2n) is 4.88. The van der Waals surface area contributed by atoms with Gasteiger partial charge in [-0.15, -0.1) is 0 Å². The Bertz CT molecular complexity index is 634. The number of hydrogen-bond donors (Lipinski definition) is 1. The van der Waals surface area contributed by atoms with Gasteiger partial charge in [-0.1, -0.05) is 59.8 Å². The van der Waals surface area contributed by atoms with Gasteiger partial charge in [0.15, 0.2) is 5.71 Å². The van der Waals surface area contributed by atoms with Gasteiger partial charge in [0.25, 0.3) is 5.91 Å². The summed E-state index contributed by atoms with van der Waals surface area (Å²) in [6.07, 6.45) is 1.95. The number of nitrogens with one attached hydrogen (secondary N) is 1. The van der Waals surface area contributed by atoms with Gasteiger partial charge in [-0.3, -0.25) is 4.79 Å². The highest BCUT2D eigenvalue weighted by Crippen LogP contribution is 2.10. The van der Waals surface area contributed by atoms with Crippen LogP contribution >= 0.6 is 0 Å². The van der Waals surface area contributed by atoms with Crippen LogP contribution in [0.1, 0.15) is 16.7 Å². The zero-order chi connectivity index (χ0) is 15.8. The fraction of sp³-hybridized carbons (Fsp3) is 0.222. The summed E-state index contributed by atoms with van der Waals surface area (Å²) in [6, 6.07) is 18.2. The molecular weight excluding hydrogens is 276 g/mol. The van der Waals surface area contributed by atoms with Crippen LogP contribution in [0, 0.1) is 0 Å². The van der Waals surface area contributed by atoms with Gasteiger partial charge in [-0.05, 0) is 24.0 Å². The van der Waals surface area contributed by atoms with E-state index in [2.05, 4.69) is 34.7 Å². The summed E-state index contributed by atoms with van der Waals surface area (Å²) in [5, 5.41) is 6.35. The van der Waals surface area contributed by atoms with E-state index in [-0.39, 0.29) is 11.6 Å². The van der Waals surface area contributed by atoms with Crippen LogP contribution in [0.2, 0.25) is 0 Å². The first-order valence-electron chi connectivity index (χ1n) is 7.21. The second-order valence-corrected chi connectivity index (χ2v) is 4.88. The smallest absolute Gasteiger partial charge is 0.273 e. The van der Waals surface area contributed by atoms with Crippen LogP contribution in [-0.2, 0) is 22.5 Å². The quantitative estimate of drug-likeness (QED) is 0.658. The van der Waals surface area contributed by atoms with Gasteiger partial charge < -0.3 is 10.2 Å². The largest absolute Gasteiger partial charge is 0.398 e. The minimum atomic E-state index is -0.265. The highest BCUT2D eigenvalue weighted by molar-refractivity contribution is 6.45. The van der Waals surface area contributed by atoms with E-state index in [0.717, 1.165) is 18.4 Å². The number of carbonyl (C=O) groups is 1. The lowest BCUT2D eigenvalue weighted by Crippen LogP contribution is -2.28. The van der Waals surface area contributed by atoms with Crippen LogP contribution in [-0.4, -0.2) is 25.8 Å². The summed E-state index contributed by atoms with van der Waals surface area (Å²) >= 11 is 0. The van der Waals surface area contributed by atoms with Crippen molar-refractivity contribution in [3.63, 3.8) is 0 Å². The standard InChI is InChI=1S/C18H20N2O2/c1-19-18(21)17(20-22-2)16-12-10-15(11-13-16)9-8-14-6-4-3-5-7-14/h3-7,10-13H,8-9H2,1-2H3,(H,19,21). The normalized spacial score (nSPS) is 11.1. The van der Waals surface area contributed by atoms with Gasteiger partial charge in [0.1, 0.15) is 7.11 Å². The van der Waals surface area contributed by atoms with Crippen molar-refractivity contribution in [2.45, 2.75) is 12.8 Å². The Hall–Kier alpha value is -2.62. The van der Waals surface area contributed by atoms with Crippen molar-refractivity contribution in [2.75, 3.05) is 14.2 Å². The van der Waals surface area contributed by atoms with Crippen LogP contribution in [0.5, 0.6) is 0 Å². The summed E-state index contributed by atoms with van der Waals surface area (Å²) in [6.45, 7) is 0. The Morgan fingerprint density at radius 2 is 1.59 bits per heavy atom. The average Bonchev–Trinajstić information content (AvgIpc) is 2.59. The lowest BCUT2D eigenvalue weighted by Gasteiger charge is -2.06. The molecule has 4 nitrogen and oxygen atoms in total. The molecule has 0 aliphatic carbocycles. The molecule has 114 valence electrons. The van der Waals surface area contributed by atoms with Crippen molar-refractivity contribution in [3.05, 3.63) is 71.3 Å². The fourth-order valence-electron chi connectivity index (χ4n) is 2.20. The number of oxime groups is 1. The first-order chi connectivity index (χ1) is 10.7. The third-order valence-corrected chi connectivity index (χ3v) is 3.40. The number of likely N-dealkylation sites (N-methyl/N-ethyl adjacent to an activating group) is 1. The highest BCUT2D eigenvalue weighted by atomic mass is 16.6. The SMILES string of the molecule is CNC(=O)C(=NOC)c1ccc(CCc2ccccc2)cc1. The predicted molar refractivity (Wildman–Crippen MR) is 87.9 cm³/mol. The molecule has 0 spiro atoms. The zero-order valence-electron chi connectivity index (χ0n) is 12.9. The Labute approximate surface area is 130 Å². The molecule has 0 atom stereocenters. The minimum Gasteiger partial charge on any atom is -0.398 e. The fourth-order valence-corrected chi connectivity index (χ4v) is 2.20. The van der Waals surface area contributed by atoms with E-state index >= 15 is 0 Å². The molecule has 22 heavy (non-hydrogen) atoms. The van der Waals surface area contributed by atoms with Crippen LogP contribution in [0.3, 0.4) is 0 Å². The van der Waals surface area contributed by atoms with Crippen molar-refractivity contribution in [1.29, 1.82) is 0 Å². The summed E-state index contributed by atoms with van der Waals surface area (Å²) in [4.78, 5) is 16.5. The number of benzene rings is 2. The molecule has 1 N–H and O–H groups in total. The van der Waals surface area contributed by atoms with Crippen molar-refractivity contribution in [3.8, 4) is 0 Å². The van der Waals surface area contributed by atoms with E-state index < -0.39 is 0 Å². The molecule has 2 aromatic carbocycles. The molecule has 0 aromatic heterocycles. The van der Waals surface area contributed by atoms with Gasteiger partial charge in [0, 0.05) is 12.6 Å². The topological polar surface area (TPSA) is 50.7 Å². The monoisotopic (exact) mass is 296 g/mol. The lowest BCUT2D eigenvalue weighted by molar-refractivity contribution is -0.114. The average molecular weight is 296 g/mol. The van der Waals surface area contributed by atoms with E-state index in [4.69, 9.17) is 4.84 Å². The van der Waals surface area contributed by atoms with E-state index in [1.54, 1.807) is 7.05 Å². The molecule has 0 heterocycles. The number of aryl methyl sites for hydroxylation is 2. The van der Waals surface area contributed by atoms with Crippen LogP contribution in [0.25, 0.3) is 0 Å². The molecule has 0 radical (unpaired) electrons. The Balaban J connectivity index is 2.06. The Kier molecular flexibility index (Phi) is 5.72. The van der Waals surface area contributed by atoms with Crippen LogP contribution in [0.15, 0.2) is 59.8 Å². The van der Waals surface area contributed by atoms with Crippen molar-refractivity contribution in [2.24, 2.45) is 5.16 Å². The van der Waals surface area contributed by atoms with Gasteiger partial charge >= 0.3 is 0 Å². The predicted octanol–water partition coefficient (Wildman–Crippen LogP) is 2.57. The molecule has 0 unspecified atom stereocenters. The van der Waals surface area contributed by atoms with E-state index in [9.17, 15) is 4.79 Å². The Morgan fingerprint density at radius 1 is 1.00 bits per heavy atom. The van der Waals surface area contributed by atoms with E-state index in [1.165, 1.54) is 18.2 Å². The van der Waals surface area contributed by atoms with Gasteiger partial charge in [0.05, 0.1) is 0 Å². The maximum absolute atomic E-state index is 11.8. The molecule has 0 bridgehead atoms. The molecule has 0 fully saturated rings. The summed E-state index contributed by atoms with van der Waals surface area (Å²) in [5.74, 6) is -0.265. The number of nitrogens with zero attached hydrogens (tertiary/aromatic N) is 1. The molecular formula is C18H20N2O2. The molecule has 0 saturated carbocycles. The molecule has 2 aromatic rings. The van der Waals surface area contributed by atoms with E-state index in [1.807, 2.05) is 30.3 Å². The van der Waals surface area contributed by atoms with Gasteiger partial charge in [-0.25, -0.2) is 0 Å².